The highest BCUT2D eigenvalue weighted by Crippen LogP contribution is 2.36. The fraction of sp³-hybridized carbons (Fsp3) is 0.414. The number of rotatable bonds is 10. The van der Waals surface area contributed by atoms with Crippen LogP contribution < -0.4 is 5.32 Å². The van der Waals surface area contributed by atoms with Gasteiger partial charge in [0.1, 0.15) is 5.25 Å². The van der Waals surface area contributed by atoms with Crippen molar-refractivity contribution >= 4 is 41.2 Å². The van der Waals surface area contributed by atoms with Crippen LogP contribution in [0.2, 0.25) is 5.02 Å². The number of benzene rings is 2. The van der Waals surface area contributed by atoms with Crippen LogP contribution in [0.3, 0.4) is 0 Å². The van der Waals surface area contributed by atoms with Gasteiger partial charge in [0.15, 0.2) is 0 Å². The minimum atomic E-state index is -0.292. The highest BCUT2D eigenvalue weighted by Gasteiger charge is 2.47. The van der Waals surface area contributed by atoms with Crippen LogP contribution in [0.1, 0.15) is 53.5 Å². The zero-order valence-electron chi connectivity index (χ0n) is 21.6. The molecule has 0 bridgehead atoms. The first-order valence-corrected chi connectivity index (χ1v) is 14.1. The maximum Gasteiger partial charge on any atom is 0.327 e. The van der Waals surface area contributed by atoms with Crippen molar-refractivity contribution in [1.29, 1.82) is 0 Å². The highest BCUT2D eigenvalue weighted by atomic mass is 35.5. The first kappa shape index (κ1) is 27.3. The van der Waals surface area contributed by atoms with Gasteiger partial charge in [-0.2, -0.15) is 0 Å². The number of amides is 4. The number of nitrogens with one attached hydrogen (secondary N) is 1. The Labute approximate surface area is 228 Å². The molecule has 0 radical (unpaired) electrons. The number of fused-ring (bicyclic) bond motifs is 1. The molecular weight excluding hydrogens is 506 g/mol. The second kappa shape index (κ2) is 12.2. The Morgan fingerprint density at radius 1 is 1.05 bits per heavy atom. The second-order valence-corrected chi connectivity index (χ2v) is 11.3. The molecule has 196 valence electrons. The van der Waals surface area contributed by atoms with Crippen molar-refractivity contribution in [3.63, 3.8) is 0 Å². The van der Waals surface area contributed by atoms with Crippen LogP contribution in [0.5, 0.6) is 0 Å². The number of imide groups is 1. The fourth-order valence-electron chi connectivity index (χ4n) is 5.06. The molecule has 2 heterocycles. The second-order valence-electron chi connectivity index (χ2n) is 9.83. The summed E-state index contributed by atoms with van der Waals surface area (Å²) < 4.78 is 0. The first-order chi connectivity index (χ1) is 17.8. The number of halogens is 1. The molecular formula is C29H34ClN3O3S. The summed E-state index contributed by atoms with van der Waals surface area (Å²) >= 11 is 7.63. The molecule has 2 atom stereocenters. The molecule has 2 unspecified atom stereocenters. The van der Waals surface area contributed by atoms with Crippen LogP contribution in [0.15, 0.2) is 47.9 Å². The van der Waals surface area contributed by atoms with E-state index in [9.17, 15) is 14.4 Å². The third-order valence-corrected chi connectivity index (χ3v) is 8.50. The van der Waals surface area contributed by atoms with Gasteiger partial charge in [0.25, 0.3) is 0 Å². The largest absolute Gasteiger partial charge is 0.352 e. The van der Waals surface area contributed by atoms with E-state index < -0.39 is 0 Å². The molecule has 2 aromatic carbocycles. The van der Waals surface area contributed by atoms with Gasteiger partial charge < -0.3 is 10.2 Å². The third kappa shape index (κ3) is 6.39. The maximum atomic E-state index is 13.5. The number of thioether (sulfide) groups is 1. The molecule has 1 N–H and O–H groups in total. The third-order valence-electron chi connectivity index (χ3n) is 7.05. The number of unbranched alkanes of at least 4 members (excludes halogenated alkanes) is 2. The van der Waals surface area contributed by atoms with Crippen LogP contribution in [-0.2, 0) is 22.7 Å². The Balaban J connectivity index is 1.30. The number of hydrogen-bond acceptors (Lipinski definition) is 4. The van der Waals surface area contributed by atoms with Crippen LogP contribution >= 0.6 is 23.4 Å². The molecule has 2 aliphatic rings. The predicted molar refractivity (Wildman–Crippen MR) is 149 cm³/mol. The average Bonchev–Trinajstić information content (AvgIpc) is 3.34. The molecule has 6 nitrogen and oxygen atoms in total. The Bertz CT molecular complexity index is 1190. The van der Waals surface area contributed by atoms with Crippen LogP contribution in [-0.4, -0.2) is 45.5 Å². The Kier molecular flexibility index (Phi) is 8.98. The first-order valence-electron chi connectivity index (χ1n) is 12.8. The van der Waals surface area contributed by atoms with Crippen LogP contribution in [0.4, 0.5) is 4.79 Å². The Hall–Kier alpha value is -2.77. The minimum Gasteiger partial charge on any atom is -0.352 e. The molecule has 1 saturated heterocycles. The van der Waals surface area contributed by atoms with E-state index >= 15 is 0 Å². The molecule has 0 spiro atoms. The molecule has 37 heavy (non-hydrogen) atoms. The van der Waals surface area contributed by atoms with Gasteiger partial charge in [0.05, 0.1) is 6.04 Å². The van der Waals surface area contributed by atoms with Gasteiger partial charge in [-0.15, -0.1) is 11.8 Å². The normalized spacial score (nSPS) is 18.9. The molecule has 2 aliphatic heterocycles. The zero-order chi connectivity index (χ0) is 26.5. The number of hydrogen-bond donors (Lipinski definition) is 1. The number of carbonyl (C=O) groups is 3. The van der Waals surface area contributed by atoms with E-state index in [0.717, 1.165) is 28.7 Å². The lowest BCUT2D eigenvalue weighted by atomic mass is 9.98. The molecule has 0 saturated carbocycles. The van der Waals surface area contributed by atoms with Crippen molar-refractivity contribution in [3.05, 3.63) is 80.7 Å². The van der Waals surface area contributed by atoms with Crippen molar-refractivity contribution in [2.45, 2.75) is 70.8 Å². The lowest BCUT2D eigenvalue weighted by Crippen LogP contribution is -2.61. The highest BCUT2D eigenvalue weighted by molar-refractivity contribution is 8.03. The lowest BCUT2D eigenvalue weighted by molar-refractivity contribution is -0.131. The van der Waals surface area contributed by atoms with Crippen molar-refractivity contribution in [2.24, 2.45) is 0 Å². The number of carbonyl (C=O) groups excluding carboxylic acids is 3. The van der Waals surface area contributed by atoms with Crippen LogP contribution in [0.25, 0.3) is 0 Å². The lowest BCUT2D eigenvalue weighted by Gasteiger charge is -2.41. The molecule has 1 fully saturated rings. The van der Waals surface area contributed by atoms with E-state index in [1.54, 1.807) is 6.07 Å². The van der Waals surface area contributed by atoms with Gasteiger partial charge in [-0.3, -0.25) is 14.5 Å². The molecule has 8 heteroatoms. The Morgan fingerprint density at radius 3 is 2.51 bits per heavy atom. The maximum absolute atomic E-state index is 13.5. The van der Waals surface area contributed by atoms with E-state index in [4.69, 9.17) is 11.6 Å². The van der Waals surface area contributed by atoms with Crippen molar-refractivity contribution in [3.8, 4) is 0 Å². The van der Waals surface area contributed by atoms with Crippen molar-refractivity contribution in [1.82, 2.24) is 15.1 Å². The summed E-state index contributed by atoms with van der Waals surface area (Å²) in [6.07, 6.45) is 4.49. The van der Waals surface area contributed by atoms with Crippen molar-refractivity contribution < 1.29 is 14.4 Å². The summed E-state index contributed by atoms with van der Waals surface area (Å²) in [6, 6.07) is 11.3. The zero-order valence-corrected chi connectivity index (χ0v) is 23.2. The van der Waals surface area contributed by atoms with Gasteiger partial charge in [-0.05, 0) is 67.3 Å². The molecule has 4 amide bonds. The minimum absolute atomic E-state index is 0.0312. The summed E-state index contributed by atoms with van der Waals surface area (Å²) in [6.45, 7) is 7.48. The predicted octanol–water partition coefficient (Wildman–Crippen LogP) is 5.90. The topological polar surface area (TPSA) is 69.7 Å². The van der Waals surface area contributed by atoms with Gasteiger partial charge in [0.2, 0.25) is 11.8 Å². The average molecular weight is 540 g/mol. The standard InChI is InChI=1S/C29H34ClN3O3S/c1-19-15-20(2)23(21(3)16-19)18-33-25-12-14-37-27(25)28(35)32(29(33)36)13-8-4-5-11-26(34)31-17-22-9-6-7-10-24(22)30/h6-7,9-10,12,14-16,25,27H,4-5,8,11,13,17-18H2,1-3H3,(H,31,34). The summed E-state index contributed by atoms with van der Waals surface area (Å²) in [7, 11) is 0. The number of nitrogens with zero attached hydrogens (tertiary/aromatic N) is 2. The summed E-state index contributed by atoms with van der Waals surface area (Å²) in [5.41, 5.74) is 5.55. The van der Waals surface area contributed by atoms with Crippen molar-refractivity contribution in [2.75, 3.05) is 6.54 Å². The Morgan fingerprint density at radius 2 is 1.78 bits per heavy atom. The summed E-state index contributed by atoms with van der Waals surface area (Å²) in [4.78, 5) is 42.1. The smallest absolute Gasteiger partial charge is 0.327 e. The van der Waals surface area contributed by atoms with Gasteiger partial charge >= 0.3 is 6.03 Å². The monoisotopic (exact) mass is 539 g/mol. The van der Waals surface area contributed by atoms with E-state index in [0.29, 0.717) is 43.9 Å². The number of aryl methyl sites for hydroxylation is 3. The summed E-state index contributed by atoms with van der Waals surface area (Å²) in [5, 5.41) is 5.19. The van der Waals surface area contributed by atoms with Gasteiger partial charge in [-0.1, -0.05) is 60.0 Å². The van der Waals surface area contributed by atoms with E-state index in [1.165, 1.54) is 22.2 Å². The van der Waals surface area contributed by atoms with E-state index in [2.05, 4.69) is 38.2 Å². The molecule has 0 aliphatic carbocycles. The van der Waals surface area contributed by atoms with E-state index in [-0.39, 0.29) is 29.1 Å². The quantitative estimate of drug-likeness (QED) is 0.381. The van der Waals surface area contributed by atoms with E-state index in [1.807, 2.05) is 34.6 Å². The fourth-order valence-corrected chi connectivity index (χ4v) is 6.32. The SMILES string of the molecule is Cc1cc(C)c(CN2C(=O)N(CCCCCC(=O)NCc3ccccc3Cl)C(=O)C3SC=CC32)c(C)c1. The van der Waals surface area contributed by atoms with Crippen LogP contribution in [0, 0.1) is 20.8 Å². The molecule has 0 aromatic heterocycles. The summed E-state index contributed by atoms with van der Waals surface area (Å²) in [5.74, 6) is -0.146. The molecule has 2 aromatic rings. The molecule has 4 rings (SSSR count). The number of urea groups is 1. The van der Waals surface area contributed by atoms with Gasteiger partial charge in [-0.25, -0.2) is 4.79 Å². The van der Waals surface area contributed by atoms with Gasteiger partial charge in [0, 0.05) is 31.1 Å².